The molecule has 7 nitrogen and oxygen atoms in total. The fourth-order valence-electron chi connectivity index (χ4n) is 2.13. The molecule has 1 aliphatic heterocycles. The first kappa shape index (κ1) is 15.1. The molecule has 0 saturated heterocycles. The highest BCUT2D eigenvalue weighted by atomic mass is 32.2. The predicted octanol–water partition coefficient (Wildman–Crippen LogP) is 1.25. The van der Waals surface area contributed by atoms with Crippen LogP contribution in [0.4, 0.5) is 0 Å². The molecule has 1 aromatic carbocycles. The normalized spacial score (nSPS) is 13.3. The van der Waals surface area contributed by atoms with Crippen molar-refractivity contribution in [1.29, 1.82) is 0 Å². The Hall–Kier alpha value is -1.80. The van der Waals surface area contributed by atoms with Crippen molar-refractivity contribution in [2.75, 3.05) is 25.5 Å². The summed E-state index contributed by atoms with van der Waals surface area (Å²) in [6.07, 6.45) is 1.06. The van der Waals surface area contributed by atoms with Gasteiger partial charge in [-0.3, -0.25) is 0 Å². The Balaban J connectivity index is 1.36. The van der Waals surface area contributed by atoms with E-state index in [2.05, 4.69) is 26.9 Å². The Morgan fingerprint density at radius 1 is 1.27 bits per heavy atom. The van der Waals surface area contributed by atoms with E-state index in [4.69, 9.17) is 9.47 Å². The summed E-state index contributed by atoms with van der Waals surface area (Å²) in [6.45, 7) is 3.03. The largest absolute Gasteiger partial charge is 0.486 e. The van der Waals surface area contributed by atoms with Crippen molar-refractivity contribution in [3.63, 3.8) is 0 Å². The molecule has 1 aromatic heterocycles. The number of aryl methyl sites for hydroxylation is 1. The average molecular weight is 321 g/mol. The van der Waals surface area contributed by atoms with Gasteiger partial charge in [-0.1, -0.05) is 17.8 Å². The van der Waals surface area contributed by atoms with Crippen LogP contribution in [0.1, 0.15) is 12.0 Å². The Kier molecular flexibility index (Phi) is 5.12. The van der Waals surface area contributed by atoms with Gasteiger partial charge in [0.15, 0.2) is 11.5 Å². The maximum absolute atomic E-state index is 5.58. The molecule has 2 aromatic rings. The molecule has 3 rings (SSSR count). The van der Waals surface area contributed by atoms with E-state index in [-0.39, 0.29) is 0 Å². The molecule has 1 aliphatic rings. The second-order valence-corrected chi connectivity index (χ2v) is 6.00. The van der Waals surface area contributed by atoms with E-state index in [9.17, 15) is 0 Å². The Morgan fingerprint density at radius 3 is 2.95 bits per heavy atom. The van der Waals surface area contributed by atoms with Gasteiger partial charge in [-0.15, -0.1) is 5.10 Å². The zero-order valence-corrected chi connectivity index (χ0v) is 13.3. The van der Waals surface area contributed by atoms with Crippen LogP contribution >= 0.6 is 11.8 Å². The molecule has 2 heterocycles. The summed E-state index contributed by atoms with van der Waals surface area (Å²) in [5.74, 6) is 2.67. The molecule has 0 saturated carbocycles. The SMILES string of the molecule is Cn1nnnc1SCCCNCc1ccc2c(c1)OCCO2. The van der Waals surface area contributed by atoms with Crippen LogP contribution in [0, 0.1) is 0 Å². The van der Waals surface area contributed by atoms with Gasteiger partial charge in [0.1, 0.15) is 13.2 Å². The highest BCUT2D eigenvalue weighted by Gasteiger charge is 2.11. The smallest absolute Gasteiger partial charge is 0.209 e. The van der Waals surface area contributed by atoms with Gasteiger partial charge >= 0.3 is 0 Å². The van der Waals surface area contributed by atoms with Crippen molar-refractivity contribution >= 4 is 11.8 Å². The average Bonchev–Trinajstić information content (AvgIpc) is 2.96. The first-order valence-electron chi connectivity index (χ1n) is 7.27. The number of nitrogens with zero attached hydrogens (tertiary/aromatic N) is 4. The number of nitrogens with one attached hydrogen (secondary N) is 1. The van der Waals surface area contributed by atoms with Gasteiger partial charge in [-0.25, -0.2) is 4.68 Å². The minimum absolute atomic E-state index is 0.623. The van der Waals surface area contributed by atoms with Crippen molar-refractivity contribution in [3.05, 3.63) is 23.8 Å². The van der Waals surface area contributed by atoms with Crippen molar-refractivity contribution in [1.82, 2.24) is 25.5 Å². The monoisotopic (exact) mass is 321 g/mol. The zero-order chi connectivity index (χ0) is 15.2. The second-order valence-electron chi connectivity index (χ2n) is 4.94. The summed E-state index contributed by atoms with van der Waals surface area (Å²) in [5.41, 5.74) is 1.20. The third-order valence-corrected chi connectivity index (χ3v) is 4.34. The van der Waals surface area contributed by atoms with E-state index in [1.165, 1.54) is 5.56 Å². The van der Waals surface area contributed by atoms with Gasteiger partial charge in [0.2, 0.25) is 5.16 Å². The van der Waals surface area contributed by atoms with E-state index >= 15 is 0 Å². The first-order chi connectivity index (χ1) is 10.8. The minimum atomic E-state index is 0.623. The summed E-state index contributed by atoms with van der Waals surface area (Å²) in [6, 6.07) is 6.09. The molecule has 0 spiro atoms. The van der Waals surface area contributed by atoms with Crippen LogP contribution in [0.3, 0.4) is 0 Å². The second kappa shape index (κ2) is 7.46. The predicted molar refractivity (Wildman–Crippen MR) is 83.3 cm³/mol. The highest BCUT2D eigenvalue weighted by Crippen LogP contribution is 2.30. The lowest BCUT2D eigenvalue weighted by atomic mass is 10.2. The Morgan fingerprint density at radius 2 is 2.14 bits per heavy atom. The van der Waals surface area contributed by atoms with Crippen LogP contribution in [-0.4, -0.2) is 45.7 Å². The highest BCUT2D eigenvalue weighted by molar-refractivity contribution is 7.99. The van der Waals surface area contributed by atoms with Crippen molar-refractivity contribution in [2.24, 2.45) is 7.05 Å². The molecular formula is C14H19N5O2S. The number of rotatable bonds is 7. The Bertz CT molecular complexity index is 619. The molecule has 0 radical (unpaired) electrons. The zero-order valence-electron chi connectivity index (χ0n) is 12.5. The van der Waals surface area contributed by atoms with Crippen LogP contribution in [-0.2, 0) is 13.6 Å². The van der Waals surface area contributed by atoms with Crippen LogP contribution in [0.2, 0.25) is 0 Å². The molecule has 0 amide bonds. The van der Waals surface area contributed by atoms with Gasteiger partial charge in [-0.2, -0.15) is 0 Å². The molecule has 0 aliphatic carbocycles. The molecule has 118 valence electrons. The van der Waals surface area contributed by atoms with Gasteiger partial charge in [0, 0.05) is 19.3 Å². The van der Waals surface area contributed by atoms with Crippen molar-refractivity contribution < 1.29 is 9.47 Å². The quantitative estimate of drug-likeness (QED) is 0.608. The molecule has 8 heteroatoms. The standard InChI is InChI=1S/C14H19N5O2S/c1-19-14(16-17-18-19)22-8-2-5-15-10-11-3-4-12-13(9-11)21-7-6-20-12/h3-4,9,15H,2,5-8,10H2,1H3. The lowest BCUT2D eigenvalue weighted by Gasteiger charge is -2.19. The Labute approximate surface area is 133 Å². The van der Waals surface area contributed by atoms with Crippen LogP contribution < -0.4 is 14.8 Å². The summed E-state index contributed by atoms with van der Waals surface area (Å²) in [5, 5.41) is 15.6. The lowest BCUT2D eigenvalue weighted by molar-refractivity contribution is 0.171. The molecule has 0 bridgehead atoms. The van der Waals surface area contributed by atoms with E-state index in [1.807, 2.05) is 19.2 Å². The maximum Gasteiger partial charge on any atom is 0.209 e. The van der Waals surface area contributed by atoms with Crippen molar-refractivity contribution in [2.45, 2.75) is 18.1 Å². The van der Waals surface area contributed by atoms with Gasteiger partial charge in [-0.05, 0) is 41.1 Å². The molecule has 22 heavy (non-hydrogen) atoms. The third-order valence-electron chi connectivity index (χ3n) is 3.25. The number of tetrazole rings is 1. The lowest BCUT2D eigenvalue weighted by Crippen LogP contribution is -2.17. The molecular weight excluding hydrogens is 302 g/mol. The van der Waals surface area contributed by atoms with Gasteiger partial charge in [0.05, 0.1) is 0 Å². The van der Waals surface area contributed by atoms with E-state index in [0.29, 0.717) is 13.2 Å². The number of benzene rings is 1. The first-order valence-corrected chi connectivity index (χ1v) is 8.26. The number of thioether (sulfide) groups is 1. The number of hydrogen-bond acceptors (Lipinski definition) is 7. The number of hydrogen-bond donors (Lipinski definition) is 1. The van der Waals surface area contributed by atoms with E-state index < -0.39 is 0 Å². The van der Waals surface area contributed by atoms with Crippen LogP contribution in [0.25, 0.3) is 0 Å². The number of fused-ring (bicyclic) bond motifs is 1. The fourth-order valence-corrected chi connectivity index (χ4v) is 2.92. The maximum atomic E-state index is 5.58. The minimum Gasteiger partial charge on any atom is -0.486 e. The van der Waals surface area contributed by atoms with Crippen LogP contribution in [0.15, 0.2) is 23.4 Å². The summed E-state index contributed by atoms with van der Waals surface area (Å²) in [4.78, 5) is 0. The molecule has 0 fully saturated rings. The molecule has 1 N–H and O–H groups in total. The summed E-state index contributed by atoms with van der Waals surface area (Å²) < 4.78 is 12.8. The van der Waals surface area contributed by atoms with E-state index in [0.717, 1.165) is 41.9 Å². The topological polar surface area (TPSA) is 74.1 Å². The van der Waals surface area contributed by atoms with Crippen LogP contribution in [0.5, 0.6) is 11.5 Å². The molecule has 0 atom stereocenters. The van der Waals surface area contributed by atoms with Crippen molar-refractivity contribution in [3.8, 4) is 11.5 Å². The van der Waals surface area contributed by atoms with E-state index in [1.54, 1.807) is 16.4 Å². The number of ether oxygens (including phenoxy) is 2. The third kappa shape index (κ3) is 3.89. The molecule has 0 unspecified atom stereocenters. The number of aromatic nitrogens is 4. The van der Waals surface area contributed by atoms with Gasteiger partial charge < -0.3 is 14.8 Å². The van der Waals surface area contributed by atoms with Gasteiger partial charge in [0.25, 0.3) is 0 Å². The summed E-state index contributed by atoms with van der Waals surface area (Å²) >= 11 is 1.67. The summed E-state index contributed by atoms with van der Waals surface area (Å²) in [7, 11) is 1.85. The fraction of sp³-hybridized carbons (Fsp3) is 0.500.